The van der Waals surface area contributed by atoms with Crippen molar-refractivity contribution in [2.24, 2.45) is 35.2 Å². The second-order valence-electron chi connectivity index (χ2n) is 19.8. The minimum atomic E-state index is -0.0224. The molecule has 0 fully saturated rings. The summed E-state index contributed by atoms with van der Waals surface area (Å²) in [5.74, 6) is 0. The SMILES string of the molecule is CN1Cc2c(n(C)c(=O)c3ccccc23)C1.CN1Cc2cc3ccn(C)c(=O)c3cc2C1.Cn1c2c(c3ccccc3c1=O)CNC2.Cn1cc(-c2ccccc2)ccc1=O.Cn1ccc2cc3ncoc3cc2c1=O. The Morgan fingerprint density at radius 2 is 1.01 bits per heavy atom. The molecule has 5 aromatic carbocycles. The molecule has 6 aromatic heterocycles. The van der Waals surface area contributed by atoms with Crippen molar-refractivity contribution in [2.45, 2.75) is 39.3 Å². The van der Waals surface area contributed by atoms with Gasteiger partial charge in [-0.15, -0.1) is 0 Å². The first-order valence-corrected chi connectivity index (χ1v) is 25.1. The minimum absolute atomic E-state index is 0.0182. The number of fused-ring (bicyclic) bond motifs is 10. The first-order chi connectivity index (χ1) is 36.6. The van der Waals surface area contributed by atoms with Gasteiger partial charge in [0, 0.05) is 127 Å². The standard InChI is InChI=1S/2C13H14N2O.C12H12N2O.C12H11NO.C11H8N2O2/c1-14-7-10-5-9-3-4-15(2)13(16)12(9)6-11(10)8-14;1-14-7-11-9-5-3-4-6-10(9)13(16)15(2)12(11)8-14;1-14-11-7-13-6-10(11)8-4-2-3-5-9(8)12(14)15;1-13-9-11(7-8-12(13)14)10-5-3-2-4-6-10;1-13-3-2-7-4-9-10(15-6-12-9)5-8(7)11(13)14/h2*3-6H,7-8H2,1-2H3;2-5,13H,6-7H2,1H3;2-9H,1H3;2-6H,1H3. The molecule has 11 aromatic rings. The molecule has 9 heterocycles. The highest BCUT2D eigenvalue weighted by Gasteiger charge is 2.23. The summed E-state index contributed by atoms with van der Waals surface area (Å²) in [6.07, 6.45) is 6.80. The van der Waals surface area contributed by atoms with E-state index in [0.29, 0.717) is 11.0 Å². The van der Waals surface area contributed by atoms with Gasteiger partial charge in [-0.25, -0.2) is 4.98 Å². The van der Waals surface area contributed by atoms with Gasteiger partial charge in [-0.3, -0.25) is 33.8 Å². The van der Waals surface area contributed by atoms with E-state index in [-0.39, 0.29) is 27.8 Å². The van der Waals surface area contributed by atoms with Crippen LogP contribution in [0, 0.1) is 0 Å². The minimum Gasteiger partial charge on any atom is -0.443 e. The van der Waals surface area contributed by atoms with Crippen LogP contribution in [0.15, 0.2) is 181 Å². The lowest BCUT2D eigenvalue weighted by Crippen LogP contribution is -2.21. The predicted octanol–water partition coefficient (Wildman–Crippen LogP) is 7.84. The zero-order valence-corrected chi connectivity index (χ0v) is 43.7. The highest BCUT2D eigenvalue weighted by atomic mass is 16.3. The van der Waals surface area contributed by atoms with Crippen molar-refractivity contribution in [3.8, 4) is 11.1 Å². The van der Waals surface area contributed by atoms with Crippen molar-refractivity contribution in [3.63, 3.8) is 0 Å². The number of rotatable bonds is 1. The van der Waals surface area contributed by atoms with Crippen LogP contribution in [0.2, 0.25) is 0 Å². The first-order valence-electron chi connectivity index (χ1n) is 25.1. The second kappa shape index (κ2) is 21.2. The number of benzene rings is 5. The summed E-state index contributed by atoms with van der Waals surface area (Å²) in [5.41, 5.74) is 11.4. The Hall–Kier alpha value is -8.76. The Morgan fingerprint density at radius 3 is 1.66 bits per heavy atom. The number of aryl methyl sites for hydroxylation is 3. The first kappa shape index (κ1) is 50.8. The van der Waals surface area contributed by atoms with Crippen LogP contribution >= 0.6 is 0 Å². The number of nitrogens with zero attached hydrogens (tertiary/aromatic N) is 8. The van der Waals surface area contributed by atoms with Gasteiger partial charge in [-0.05, 0) is 124 Å². The van der Waals surface area contributed by atoms with Gasteiger partial charge in [-0.1, -0.05) is 66.7 Å². The van der Waals surface area contributed by atoms with Gasteiger partial charge >= 0.3 is 0 Å². The van der Waals surface area contributed by atoms with Crippen molar-refractivity contribution >= 4 is 54.2 Å². The molecule has 3 aliphatic heterocycles. The van der Waals surface area contributed by atoms with Crippen LogP contribution in [0.25, 0.3) is 65.3 Å². The second-order valence-corrected chi connectivity index (χ2v) is 19.8. The smallest absolute Gasteiger partial charge is 0.258 e. The molecule has 0 saturated heterocycles. The molecule has 384 valence electrons. The van der Waals surface area contributed by atoms with E-state index in [0.717, 1.165) is 105 Å². The number of hydrogen-bond acceptors (Lipinski definition) is 10. The largest absolute Gasteiger partial charge is 0.443 e. The Labute approximate surface area is 437 Å². The summed E-state index contributed by atoms with van der Waals surface area (Å²) in [6.45, 7) is 5.40. The van der Waals surface area contributed by atoms with Gasteiger partial charge in [0.25, 0.3) is 22.2 Å². The lowest BCUT2D eigenvalue weighted by molar-refractivity contribution is 0.349. The zero-order valence-electron chi connectivity index (χ0n) is 43.7. The molecule has 15 heteroatoms. The third kappa shape index (κ3) is 9.98. The Balaban J connectivity index is 0.000000108. The van der Waals surface area contributed by atoms with E-state index >= 15 is 0 Å². The molecular formula is C61H59N9O6. The highest BCUT2D eigenvalue weighted by molar-refractivity contribution is 5.93. The van der Waals surface area contributed by atoms with Crippen LogP contribution in [-0.4, -0.2) is 51.7 Å². The number of hydrogen-bond donors (Lipinski definition) is 1. The van der Waals surface area contributed by atoms with Crippen molar-refractivity contribution < 1.29 is 4.42 Å². The summed E-state index contributed by atoms with van der Waals surface area (Å²) >= 11 is 0. The molecule has 0 bridgehead atoms. The maximum atomic E-state index is 12.1. The quantitative estimate of drug-likeness (QED) is 0.172. The summed E-state index contributed by atoms with van der Waals surface area (Å²) in [6, 6.07) is 40.9. The molecule has 15 nitrogen and oxygen atoms in total. The normalized spacial score (nSPS) is 13.5. The van der Waals surface area contributed by atoms with E-state index in [1.807, 2.05) is 124 Å². The van der Waals surface area contributed by atoms with E-state index < -0.39 is 0 Å². The molecule has 76 heavy (non-hydrogen) atoms. The Morgan fingerprint density at radius 1 is 0.461 bits per heavy atom. The number of aromatic nitrogens is 6. The lowest BCUT2D eigenvalue weighted by Gasteiger charge is -2.09. The molecule has 0 radical (unpaired) electrons. The maximum absolute atomic E-state index is 12.1. The van der Waals surface area contributed by atoms with Gasteiger partial charge in [0.2, 0.25) is 5.56 Å². The maximum Gasteiger partial charge on any atom is 0.258 e. The summed E-state index contributed by atoms with van der Waals surface area (Å²) in [4.78, 5) is 67.6. The van der Waals surface area contributed by atoms with E-state index in [4.69, 9.17) is 4.42 Å². The van der Waals surface area contributed by atoms with Gasteiger partial charge in [0.05, 0.1) is 5.39 Å². The van der Waals surface area contributed by atoms with E-state index in [1.165, 1.54) is 28.6 Å². The summed E-state index contributed by atoms with van der Waals surface area (Å²) in [7, 11) is 13.2. The molecule has 0 amide bonds. The Kier molecular flexibility index (Phi) is 14.2. The fourth-order valence-electron chi connectivity index (χ4n) is 10.4. The molecule has 3 aliphatic rings. The van der Waals surface area contributed by atoms with Crippen LogP contribution in [0.4, 0.5) is 0 Å². The third-order valence-corrected chi connectivity index (χ3v) is 14.5. The van der Waals surface area contributed by atoms with Gasteiger partial charge in [0.15, 0.2) is 12.0 Å². The van der Waals surface area contributed by atoms with Gasteiger partial charge in [0.1, 0.15) is 5.52 Å². The monoisotopic (exact) mass is 1010 g/mol. The van der Waals surface area contributed by atoms with Gasteiger partial charge in [-0.2, -0.15) is 0 Å². The van der Waals surface area contributed by atoms with Crippen LogP contribution < -0.4 is 33.1 Å². The topological polar surface area (TPSA) is 155 Å². The third-order valence-electron chi connectivity index (χ3n) is 14.5. The molecule has 0 unspecified atom stereocenters. The summed E-state index contributed by atoms with van der Waals surface area (Å²) in [5, 5.41) is 10.6. The molecule has 1 N–H and O–H groups in total. The highest BCUT2D eigenvalue weighted by Crippen LogP contribution is 2.28. The Bertz CT molecular complexity index is 4340. The van der Waals surface area contributed by atoms with Crippen LogP contribution in [0.5, 0.6) is 0 Å². The number of nitrogens with one attached hydrogen (secondary N) is 1. The predicted molar refractivity (Wildman–Crippen MR) is 302 cm³/mol. The molecule has 0 atom stereocenters. The average Bonchev–Trinajstić information content (AvgIpc) is 4.30. The lowest BCUT2D eigenvalue weighted by atomic mass is 10.0. The van der Waals surface area contributed by atoms with Crippen LogP contribution in [0.3, 0.4) is 0 Å². The van der Waals surface area contributed by atoms with Crippen molar-refractivity contribution in [2.75, 3.05) is 14.1 Å². The average molecular weight is 1010 g/mol. The number of oxazole rings is 1. The molecule has 0 spiro atoms. The van der Waals surface area contributed by atoms with Gasteiger partial charge < -0.3 is 32.6 Å². The van der Waals surface area contributed by atoms with Crippen molar-refractivity contribution in [1.29, 1.82) is 0 Å². The molecule has 0 aliphatic carbocycles. The van der Waals surface area contributed by atoms with Crippen molar-refractivity contribution in [3.05, 3.63) is 238 Å². The fraction of sp³-hybridized carbons (Fsp3) is 0.213. The molecular weight excluding hydrogens is 955 g/mol. The van der Waals surface area contributed by atoms with Crippen LogP contribution in [0.1, 0.15) is 33.6 Å². The zero-order chi connectivity index (χ0) is 53.4. The van der Waals surface area contributed by atoms with E-state index in [2.05, 4.69) is 52.4 Å². The van der Waals surface area contributed by atoms with Crippen molar-refractivity contribution in [1.82, 2.24) is 42.9 Å². The fourth-order valence-corrected chi connectivity index (χ4v) is 10.4. The number of pyridine rings is 5. The molecule has 0 saturated carbocycles. The van der Waals surface area contributed by atoms with E-state index in [9.17, 15) is 24.0 Å². The summed E-state index contributed by atoms with van der Waals surface area (Å²) < 4.78 is 13.5. The van der Waals surface area contributed by atoms with E-state index in [1.54, 1.807) is 62.3 Å². The molecule has 14 rings (SSSR count). The van der Waals surface area contributed by atoms with Crippen LogP contribution in [-0.2, 0) is 74.5 Å².